The van der Waals surface area contributed by atoms with Crippen LogP contribution >= 0.6 is 0 Å². The first-order valence-corrected chi connectivity index (χ1v) is 3.80. The first-order chi connectivity index (χ1) is 5.39. The molecule has 12 heavy (non-hydrogen) atoms. The summed E-state index contributed by atoms with van der Waals surface area (Å²) in [6.45, 7) is 6.60. The van der Waals surface area contributed by atoms with Gasteiger partial charge in [-0.25, -0.2) is 0 Å². The molecule has 0 aromatic rings. The minimum absolute atomic E-state index is 0.183. The van der Waals surface area contributed by atoms with Gasteiger partial charge in [0.25, 0.3) is 0 Å². The molecule has 0 aliphatic carbocycles. The van der Waals surface area contributed by atoms with Crippen molar-refractivity contribution in [2.45, 2.75) is 26.1 Å². The van der Waals surface area contributed by atoms with Gasteiger partial charge < -0.3 is 5.32 Å². The van der Waals surface area contributed by atoms with Crippen LogP contribution in [0.2, 0.25) is 0 Å². The zero-order valence-corrected chi connectivity index (χ0v) is 7.28. The van der Waals surface area contributed by atoms with Crippen LogP contribution in [0.3, 0.4) is 0 Å². The highest BCUT2D eigenvalue weighted by Crippen LogP contribution is 2.25. The molecule has 0 aliphatic heterocycles. The Hall–Kier alpha value is -0.510. The predicted molar refractivity (Wildman–Crippen MR) is 42.9 cm³/mol. The quantitative estimate of drug-likeness (QED) is 0.656. The first kappa shape index (κ1) is 11.5. The fourth-order valence-electron chi connectivity index (χ4n) is 0.940. The molecule has 0 aromatic heterocycles. The number of nitrogens with one attached hydrogen (secondary N) is 1. The summed E-state index contributed by atoms with van der Waals surface area (Å²) >= 11 is 0. The molecule has 0 fully saturated rings. The molecule has 1 atom stereocenters. The van der Waals surface area contributed by atoms with E-state index in [1.54, 1.807) is 0 Å². The van der Waals surface area contributed by atoms with Gasteiger partial charge in [0.05, 0.1) is 0 Å². The fraction of sp³-hybridized carbons (Fsp3) is 0.750. The molecule has 0 heterocycles. The number of halogens is 3. The summed E-state index contributed by atoms with van der Waals surface area (Å²) in [7, 11) is 0. The lowest BCUT2D eigenvalue weighted by Gasteiger charge is -2.24. The molecule has 0 spiro atoms. The van der Waals surface area contributed by atoms with Gasteiger partial charge in [0.15, 0.2) is 0 Å². The molecular formula is C8H14F3N. The minimum atomic E-state index is -4.17. The summed E-state index contributed by atoms with van der Waals surface area (Å²) in [6.07, 6.45) is -2.75. The Morgan fingerprint density at radius 3 is 2.17 bits per heavy atom. The number of hydrogen-bond donors (Lipinski definition) is 1. The van der Waals surface area contributed by atoms with Gasteiger partial charge >= 0.3 is 6.18 Å². The number of hydrogen-bond acceptors (Lipinski definition) is 1. The lowest BCUT2D eigenvalue weighted by Crippen LogP contribution is -2.46. The average molecular weight is 181 g/mol. The molecule has 0 saturated carbocycles. The standard InChI is InChI=1S/C8H14F3N/c1-4-5-12-7(6(2)3)8(9,10)11/h4,6-7,12H,1,5H2,2-3H3. The van der Waals surface area contributed by atoms with Crippen LogP contribution in [0.5, 0.6) is 0 Å². The average Bonchev–Trinajstić information content (AvgIpc) is 1.84. The van der Waals surface area contributed by atoms with Crippen LogP contribution in [-0.4, -0.2) is 18.8 Å². The molecule has 0 radical (unpaired) electrons. The molecular weight excluding hydrogens is 167 g/mol. The molecule has 0 aliphatic rings. The lowest BCUT2D eigenvalue weighted by molar-refractivity contribution is -0.164. The minimum Gasteiger partial charge on any atom is -0.302 e. The van der Waals surface area contributed by atoms with Crippen LogP contribution in [0.15, 0.2) is 12.7 Å². The zero-order valence-electron chi connectivity index (χ0n) is 7.28. The maximum Gasteiger partial charge on any atom is 0.404 e. The van der Waals surface area contributed by atoms with Gasteiger partial charge in [-0.05, 0) is 5.92 Å². The van der Waals surface area contributed by atoms with Crippen LogP contribution < -0.4 is 5.32 Å². The molecule has 0 aromatic carbocycles. The Kier molecular flexibility index (Phi) is 4.31. The van der Waals surface area contributed by atoms with Crippen molar-refractivity contribution in [1.82, 2.24) is 5.32 Å². The Morgan fingerprint density at radius 1 is 1.42 bits per heavy atom. The van der Waals surface area contributed by atoms with Crippen molar-refractivity contribution in [3.05, 3.63) is 12.7 Å². The van der Waals surface area contributed by atoms with Crippen LogP contribution in [0.25, 0.3) is 0 Å². The lowest BCUT2D eigenvalue weighted by atomic mass is 10.0. The van der Waals surface area contributed by atoms with E-state index in [-0.39, 0.29) is 6.54 Å². The normalized spacial score (nSPS) is 14.8. The summed E-state index contributed by atoms with van der Waals surface area (Å²) in [6, 6.07) is -1.43. The highest BCUT2D eigenvalue weighted by atomic mass is 19.4. The second kappa shape index (κ2) is 4.50. The molecule has 0 bridgehead atoms. The Balaban J connectivity index is 4.14. The fourth-order valence-corrected chi connectivity index (χ4v) is 0.940. The summed E-state index contributed by atoms with van der Waals surface area (Å²) < 4.78 is 36.6. The van der Waals surface area contributed by atoms with E-state index in [1.165, 1.54) is 19.9 Å². The van der Waals surface area contributed by atoms with E-state index >= 15 is 0 Å². The van der Waals surface area contributed by atoms with Gasteiger partial charge in [-0.15, -0.1) is 6.58 Å². The van der Waals surface area contributed by atoms with Crippen molar-refractivity contribution in [3.8, 4) is 0 Å². The van der Waals surface area contributed by atoms with Crippen molar-refractivity contribution in [2.75, 3.05) is 6.54 Å². The van der Waals surface area contributed by atoms with E-state index in [0.717, 1.165) is 0 Å². The summed E-state index contributed by atoms with van der Waals surface area (Å²) in [5.41, 5.74) is 0. The zero-order chi connectivity index (χ0) is 9.78. The van der Waals surface area contributed by atoms with Crippen LogP contribution in [-0.2, 0) is 0 Å². The van der Waals surface area contributed by atoms with Gasteiger partial charge in [-0.3, -0.25) is 0 Å². The van der Waals surface area contributed by atoms with Crippen molar-refractivity contribution < 1.29 is 13.2 Å². The second-order valence-electron chi connectivity index (χ2n) is 2.96. The maximum atomic E-state index is 12.2. The first-order valence-electron chi connectivity index (χ1n) is 3.80. The monoisotopic (exact) mass is 181 g/mol. The Bertz CT molecular complexity index is 140. The van der Waals surface area contributed by atoms with E-state index in [2.05, 4.69) is 11.9 Å². The van der Waals surface area contributed by atoms with Gasteiger partial charge in [0, 0.05) is 6.54 Å². The van der Waals surface area contributed by atoms with Gasteiger partial charge in [-0.1, -0.05) is 19.9 Å². The topological polar surface area (TPSA) is 12.0 Å². The van der Waals surface area contributed by atoms with Gasteiger partial charge in [-0.2, -0.15) is 13.2 Å². The van der Waals surface area contributed by atoms with E-state index in [9.17, 15) is 13.2 Å². The smallest absolute Gasteiger partial charge is 0.302 e. The Morgan fingerprint density at radius 2 is 1.92 bits per heavy atom. The van der Waals surface area contributed by atoms with Crippen LogP contribution in [0, 0.1) is 5.92 Å². The summed E-state index contributed by atoms with van der Waals surface area (Å²) in [5, 5.41) is 2.37. The van der Waals surface area contributed by atoms with Crippen LogP contribution in [0.1, 0.15) is 13.8 Å². The largest absolute Gasteiger partial charge is 0.404 e. The molecule has 72 valence electrons. The SMILES string of the molecule is C=CCNC(C(C)C)C(F)(F)F. The number of rotatable bonds is 4. The third-order valence-electron chi connectivity index (χ3n) is 1.50. The number of alkyl halides is 3. The van der Waals surface area contributed by atoms with Crippen LogP contribution in [0.4, 0.5) is 13.2 Å². The Labute approximate surface area is 70.7 Å². The molecule has 0 rings (SSSR count). The molecule has 0 amide bonds. The summed E-state index contributed by atoms with van der Waals surface area (Å²) in [4.78, 5) is 0. The van der Waals surface area contributed by atoms with Crippen molar-refractivity contribution in [3.63, 3.8) is 0 Å². The van der Waals surface area contributed by atoms with Crippen molar-refractivity contribution in [2.24, 2.45) is 5.92 Å². The third-order valence-corrected chi connectivity index (χ3v) is 1.50. The van der Waals surface area contributed by atoms with Crippen molar-refractivity contribution in [1.29, 1.82) is 0 Å². The highest BCUT2D eigenvalue weighted by molar-refractivity contribution is 4.82. The molecule has 1 N–H and O–H groups in total. The van der Waals surface area contributed by atoms with Crippen molar-refractivity contribution >= 4 is 0 Å². The second-order valence-corrected chi connectivity index (χ2v) is 2.96. The van der Waals surface area contributed by atoms with E-state index in [1.807, 2.05) is 0 Å². The van der Waals surface area contributed by atoms with E-state index in [0.29, 0.717) is 0 Å². The van der Waals surface area contributed by atoms with E-state index < -0.39 is 18.1 Å². The molecule has 1 unspecified atom stereocenters. The highest BCUT2D eigenvalue weighted by Gasteiger charge is 2.40. The molecule has 4 heteroatoms. The third kappa shape index (κ3) is 3.76. The van der Waals surface area contributed by atoms with Gasteiger partial charge in [0.1, 0.15) is 6.04 Å². The molecule has 0 saturated heterocycles. The summed E-state index contributed by atoms with van der Waals surface area (Å²) in [5.74, 6) is -0.454. The predicted octanol–water partition coefficient (Wildman–Crippen LogP) is 2.35. The maximum absolute atomic E-state index is 12.2. The van der Waals surface area contributed by atoms with E-state index in [4.69, 9.17) is 0 Å². The molecule has 1 nitrogen and oxygen atoms in total. The van der Waals surface area contributed by atoms with Gasteiger partial charge in [0.2, 0.25) is 0 Å².